The summed E-state index contributed by atoms with van der Waals surface area (Å²) in [4.78, 5) is 12.7. The number of nitrogens with one attached hydrogen (secondary N) is 1. The molecule has 140 valence electrons. The fourth-order valence-corrected chi connectivity index (χ4v) is 2.74. The molecule has 0 radical (unpaired) electrons. The fraction of sp³-hybridized carbons (Fsp3) is 0.409. The normalized spacial score (nSPS) is 13.0. The van der Waals surface area contributed by atoms with Crippen molar-refractivity contribution in [1.29, 1.82) is 0 Å². The molecule has 0 heterocycles. The molecule has 2 rings (SSSR count). The zero-order valence-corrected chi connectivity index (χ0v) is 16.3. The standard InChI is InChI=1S/C22H29NO3/c1-6-20(26-21-10-8-9-15(3)16(21)4)22(24)23-17(5)18-11-13-19(14-12-18)25-7-2/h8-14,17,20H,6-7H2,1-5H3,(H,23,24)/t17-,20+/m0/s1. The summed E-state index contributed by atoms with van der Waals surface area (Å²) in [6.07, 6.45) is 0.0931. The Bertz CT molecular complexity index is 725. The van der Waals surface area contributed by atoms with E-state index in [9.17, 15) is 4.79 Å². The number of aryl methyl sites for hydroxylation is 1. The van der Waals surface area contributed by atoms with Crippen molar-refractivity contribution in [3.8, 4) is 11.5 Å². The smallest absolute Gasteiger partial charge is 0.261 e. The third-order valence-electron chi connectivity index (χ3n) is 4.54. The summed E-state index contributed by atoms with van der Waals surface area (Å²) >= 11 is 0. The second kappa shape index (κ2) is 9.27. The van der Waals surface area contributed by atoms with Crippen molar-refractivity contribution in [2.24, 2.45) is 0 Å². The molecule has 0 aliphatic rings. The molecule has 0 aliphatic carbocycles. The lowest BCUT2D eigenvalue weighted by Crippen LogP contribution is -2.39. The summed E-state index contributed by atoms with van der Waals surface area (Å²) in [5.74, 6) is 1.50. The van der Waals surface area contributed by atoms with Gasteiger partial charge < -0.3 is 14.8 Å². The van der Waals surface area contributed by atoms with Crippen molar-refractivity contribution in [2.75, 3.05) is 6.61 Å². The van der Waals surface area contributed by atoms with Gasteiger partial charge in [-0.3, -0.25) is 4.79 Å². The zero-order chi connectivity index (χ0) is 19.1. The van der Waals surface area contributed by atoms with E-state index in [1.54, 1.807) is 0 Å². The van der Waals surface area contributed by atoms with E-state index >= 15 is 0 Å². The highest BCUT2D eigenvalue weighted by atomic mass is 16.5. The third kappa shape index (κ3) is 5.01. The van der Waals surface area contributed by atoms with Crippen LogP contribution < -0.4 is 14.8 Å². The van der Waals surface area contributed by atoms with Crippen LogP contribution in [0.4, 0.5) is 0 Å². The second-order valence-electron chi connectivity index (χ2n) is 6.45. The minimum absolute atomic E-state index is 0.102. The molecule has 26 heavy (non-hydrogen) atoms. The van der Waals surface area contributed by atoms with Gasteiger partial charge in [-0.15, -0.1) is 0 Å². The number of carbonyl (C=O) groups is 1. The van der Waals surface area contributed by atoms with Gasteiger partial charge in [0, 0.05) is 0 Å². The van der Waals surface area contributed by atoms with Gasteiger partial charge in [0.15, 0.2) is 6.10 Å². The van der Waals surface area contributed by atoms with Gasteiger partial charge in [0.25, 0.3) is 5.91 Å². The Morgan fingerprint density at radius 1 is 1.08 bits per heavy atom. The summed E-state index contributed by atoms with van der Waals surface area (Å²) in [6.45, 7) is 10.6. The van der Waals surface area contributed by atoms with Gasteiger partial charge in [-0.05, 0) is 69.0 Å². The summed E-state index contributed by atoms with van der Waals surface area (Å²) < 4.78 is 11.4. The minimum Gasteiger partial charge on any atom is -0.494 e. The molecule has 0 fully saturated rings. The Morgan fingerprint density at radius 3 is 2.38 bits per heavy atom. The number of carbonyl (C=O) groups excluding carboxylic acids is 1. The van der Waals surface area contributed by atoms with Crippen LogP contribution in [0, 0.1) is 13.8 Å². The molecular formula is C22H29NO3. The van der Waals surface area contributed by atoms with Crippen LogP contribution in [0.25, 0.3) is 0 Å². The maximum absolute atomic E-state index is 12.7. The molecular weight excluding hydrogens is 326 g/mol. The molecule has 0 aliphatic heterocycles. The van der Waals surface area contributed by atoms with E-state index in [1.807, 2.05) is 77.1 Å². The van der Waals surface area contributed by atoms with E-state index < -0.39 is 6.10 Å². The van der Waals surface area contributed by atoms with Gasteiger partial charge in [0.05, 0.1) is 12.6 Å². The van der Waals surface area contributed by atoms with Crippen molar-refractivity contribution in [3.05, 3.63) is 59.2 Å². The number of hydrogen-bond acceptors (Lipinski definition) is 3. The Balaban J connectivity index is 2.02. The van der Waals surface area contributed by atoms with Crippen LogP contribution in [0.3, 0.4) is 0 Å². The van der Waals surface area contributed by atoms with Crippen molar-refractivity contribution in [3.63, 3.8) is 0 Å². The van der Waals surface area contributed by atoms with Crippen molar-refractivity contribution in [2.45, 2.75) is 53.2 Å². The lowest BCUT2D eigenvalue weighted by atomic mass is 10.1. The molecule has 0 saturated heterocycles. The van der Waals surface area contributed by atoms with Crippen LogP contribution >= 0.6 is 0 Å². The minimum atomic E-state index is -0.513. The molecule has 4 heteroatoms. The molecule has 1 amide bonds. The van der Waals surface area contributed by atoms with Crippen molar-refractivity contribution < 1.29 is 14.3 Å². The number of rotatable bonds is 8. The van der Waals surface area contributed by atoms with E-state index in [0.717, 1.165) is 28.2 Å². The number of hydrogen-bond donors (Lipinski definition) is 1. The predicted octanol–water partition coefficient (Wildman–Crippen LogP) is 4.74. The summed E-state index contributed by atoms with van der Waals surface area (Å²) in [6, 6.07) is 13.6. The van der Waals surface area contributed by atoms with Crippen molar-refractivity contribution in [1.82, 2.24) is 5.32 Å². The summed E-state index contributed by atoms with van der Waals surface area (Å²) in [7, 11) is 0. The van der Waals surface area contributed by atoms with Crippen LogP contribution in [0.2, 0.25) is 0 Å². The fourth-order valence-electron chi connectivity index (χ4n) is 2.74. The average molecular weight is 355 g/mol. The molecule has 2 aromatic carbocycles. The number of amides is 1. The first-order valence-electron chi connectivity index (χ1n) is 9.22. The molecule has 0 spiro atoms. The third-order valence-corrected chi connectivity index (χ3v) is 4.54. The Kier molecular flexibility index (Phi) is 7.07. The Labute approximate surface area is 156 Å². The van der Waals surface area contributed by atoms with Crippen molar-refractivity contribution >= 4 is 5.91 Å². The summed E-state index contributed by atoms with van der Waals surface area (Å²) in [5, 5.41) is 3.05. The molecule has 1 N–H and O–H groups in total. The summed E-state index contributed by atoms with van der Waals surface area (Å²) in [5.41, 5.74) is 3.25. The van der Waals surface area contributed by atoms with Gasteiger partial charge >= 0.3 is 0 Å². The van der Waals surface area contributed by atoms with Gasteiger partial charge in [-0.2, -0.15) is 0 Å². The molecule has 4 nitrogen and oxygen atoms in total. The van der Waals surface area contributed by atoms with Crippen LogP contribution in [0.5, 0.6) is 11.5 Å². The SMILES string of the molecule is CCOc1ccc([C@H](C)NC(=O)[C@@H](CC)Oc2cccc(C)c2C)cc1. The lowest BCUT2D eigenvalue weighted by Gasteiger charge is -2.22. The van der Waals surface area contributed by atoms with Crippen LogP contribution in [0.15, 0.2) is 42.5 Å². The highest BCUT2D eigenvalue weighted by Gasteiger charge is 2.21. The second-order valence-corrected chi connectivity index (χ2v) is 6.45. The van der Waals surface area contributed by atoms with E-state index in [1.165, 1.54) is 0 Å². The van der Waals surface area contributed by atoms with E-state index in [0.29, 0.717) is 13.0 Å². The lowest BCUT2D eigenvalue weighted by molar-refractivity contribution is -0.128. The highest BCUT2D eigenvalue weighted by Crippen LogP contribution is 2.23. The van der Waals surface area contributed by atoms with Crippen LogP contribution in [0.1, 0.15) is 49.9 Å². The van der Waals surface area contributed by atoms with E-state index in [4.69, 9.17) is 9.47 Å². The van der Waals surface area contributed by atoms with E-state index in [2.05, 4.69) is 5.32 Å². The molecule has 0 saturated carbocycles. The van der Waals surface area contributed by atoms with Gasteiger partial charge in [0.2, 0.25) is 0 Å². The molecule has 0 aromatic heterocycles. The number of benzene rings is 2. The molecule has 2 aromatic rings. The Morgan fingerprint density at radius 2 is 1.77 bits per heavy atom. The average Bonchev–Trinajstić information content (AvgIpc) is 2.63. The van der Waals surface area contributed by atoms with E-state index in [-0.39, 0.29) is 11.9 Å². The topological polar surface area (TPSA) is 47.6 Å². The highest BCUT2D eigenvalue weighted by molar-refractivity contribution is 5.81. The maximum atomic E-state index is 12.7. The van der Waals surface area contributed by atoms with Gasteiger partial charge in [-0.1, -0.05) is 31.2 Å². The predicted molar refractivity (Wildman–Crippen MR) is 105 cm³/mol. The first kappa shape index (κ1) is 19.8. The molecule has 2 atom stereocenters. The molecule has 0 bridgehead atoms. The van der Waals surface area contributed by atoms with Crippen LogP contribution in [-0.2, 0) is 4.79 Å². The van der Waals surface area contributed by atoms with Gasteiger partial charge in [-0.25, -0.2) is 0 Å². The number of ether oxygens (including phenoxy) is 2. The first-order valence-corrected chi connectivity index (χ1v) is 9.22. The first-order chi connectivity index (χ1) is 12.5. The maximum Gasteiger partial charge on any atom is 0.261 e. The monoisotopic (exact) mass is 355 g/mol. The Hall–Kier alpha value is -2.49. The zero-order valence-electron chi connectivity index (χ0n) is 16.3. The quantitative estimate of drug-likeness (QED) is 0.744. The largest absolute Gasteiger partial charge is 0.494 e. The van der Waals surface area contributed by atoms with Gasteiger partial charge in [0.1, 0.15) is 11.5 Å². The molecule has 0 unspecified atom stereocenters. The van der Waals surface area contributed by atoms with Crippen LogP contribution in [-0.4, -0.2) is 18.6 Å².